The van der Waals surface area contributed by atoms with Crippen molar-refractivity contribution in [2.24, 2.45) is 0 Å². The molecule has 1 aromatic carbocycles. The van der Waals surface area contributed by atoms with E-state index in [9.17, 15) is 22.8 Å². The minimum Gasteiger partial charge on any atom is -0.335 e. The Bertz CT molecular complexity index is 1140. The standard InChI is InChI=1S/C18H16F3N5O2S/c1-10-8-14(27)26-16(22-10)29-17(24-26)25-7-3-6-13(25)15(28)23-12-5-2-4-11(9-12)18(19,20)21/h2,4-5,8-9,13H,3,6-7H2,1H3,(H,23,28). The zero-order chi connectivity index (χ0) is 20.8. The highest BCUT2D eigenvalue weighted by Gasteiger charge is 2.34. The number of halogens is 3. The molecule has 4 rings (SSSR count). The molecule has 0 spiro atoms. The molecule has 152 valence electrons. The van der Waals surface area contributed by atoms with Gasteiger partial charge in [-0.15, -0.1) is 5.10 Å². The van der Waals surface area contributed by atoms with Crippen LogP contribution >= 0.6 is 11.3 Å². The van der Waals surface area contributed by atoms with Gasteiger partial charge in [0, 0.05) is 24.0 Å². The number of fused-ring (bicyclic) bond motifs is 1. The third-order valence-corrected chi connectivity index (χ3v) is 5.57. The van der Waals surface area contributed by atoms with Crippen LogP contribution in [0.2, 0.25) is 0 Å². The summed E-state index contributed by atoms with van der Waals surface area (Å²) in [6.07, 6.45) is -3.24. The van der Waals surface area contributed by atoms with Gasteiger partial charge in [-0.3, -0.25) is 9.59 Å². The van der Waals surface area contributed by atoms with Gasteiger partial charge in [0.2, 0.25) is 16.0 Å². The lowest BCUT2D eigenvalue weighted by Gasteiger charge is -2.22. The van der Waals surface area contributed by atoms with Crippen molar-refractivity contribution in [1.82, 2.24) is 14.6 Å². The van der Waals surface area contributed by atoms with Gasteiger partial charge in [-0.05, 0) is 38.0 Å². The highest BCUT2D eigenvalue weighted by Crippen LogP contribution is 2.32. The number of benzene rings is 1. The van der Waals surface area contributed by atoms with Crippen molar-refractivity contribution in [3.05, 3.63) is 51.9 Å². The van der Waals surface area contributed by atoms with Gasteiger partial charge in [-0.25, -0.2) is 4.98 Å². The molecule has 0 aliphatic carbocycles. The fraction of sp³-hybridized carbons (Fsp3) is 0.333. The molecule has 7 nitrogen and oxygen atoms in total. The van der Waals surface area contributed by atoms with E-state index in [1.165, 1.54) is 34.1 Å². The Labute approximate surface area is 166 Å². The lowest BCUT2D eigenvalue weighted by molar-refractivity contribution is -0.137. The van der Waals surface area contributed by atoms with Gasteiger partial charge in [-0.2, -0.15) is 17.7 Å². The maximum atomic E-state index is 12.9. The van der Waals surface area contributed by atoms with Crippen molar-refractivity contribution in [3.8, 4) is 0 Å². The second-order valence-electron chi connectivity index (χ2n) is 6.73. The predicted octanol–water partition coefficient (Wildman–Crippen LogP) is 3.09. The number of nitrogens with zero attached hydrogens (tertiary/aromatic N) is 4. The summed E-state index contributed by atoms with van der Waals surface area (Å²) in [7, 11) is 0. The Kier molecular flexibility index (Phi) is 4.77. The molecular weight excluding hydrogens is 407 g/mol. The van der Waals surface area contributed by atoms with Crippen LogP contribution in [-0.2, 0) is 11.0 Å². The third kappa shape index (κ3) is 3.82. The number of anilines is 2. The lowest BCUT2D eigenvalue weighted by Crippen LogP contribution is -2.39. The number of hydrogen-bond donors (Lipinski definition) is 1. The summed E-state index contributed by atoms with van der Waals surface area (Å²) in [4.78, 5) is 31.3. The van der Waals surface area contributed by atoms with Gasteiger partial charge in [0.15, 0.2) is 0 Å². The van der Waals surface area contributed by atoms with E-state index in [0.717, 1.165) is 18.6 Å². The fourth-order valence-corrected chi connectivity index (χ4v) is 4.32. The first-order valence-electron chi connectivity index (χ1n) is 8.85. The van der Waals surface area contributed by atoms with E-state index in [-0.39, 0.29) is 11.2 Å². The molecule has 3 heterocycles. The number of aromatic nitrogens is 3. The largest absolute Gasteiger partial charge is 0.416 e. The fourth-order valence-electron chi connectivity index (χ4n) is 3.29. The predicted molar refractivity (Wildman–Crippen MR) is 102 cm³/mol. The zero-order valence-electron chi connectivity index (χ0n) is 15.2. The van der Waals surface area contributed by atoms with Crippen LogP contribution in [0.3, 0.4) is 0 Å². The highest BCUT2D eigenvalue weighted by molar-refractivity contribution is 7.20. The smallest absolute Gasteiger partial charge is 0.335 e. The van der Waals surface area contributed by atoms with Gasteiger partial charge >= 0.3 is 6.18 Å². The molecule has 29 heavy (non-hydrogen) atoms. The van der Waals surface area contributed by atoms with Crippen LogP contribution in [0.25, 0.3) is 4.96 Å². The molecule has 1 fully saturated rings. The molecule has 1 unspecified atom stereocenters. The highest BCUT2D eigenvalue weighted by atomic mass is 32.1. The van der Waals surface area contributed by atoms with Crippen molar-refractivity contribution < 1.29 is 18.0 Å². The maximum absolute atomic E-state index is 12.9. The van der Waals surface area contributed by atoms with E-state index < -0.39 is 23.7 Å². The average Bonchev–Trinajstić information content (AvgIpc) is 3.27. The molecule has 0 bridgehead atoms. The first-order valence-corrected chi connectivity index (χ1v) is 9.66. The van der Waals surface area contributed by atoms with Crippen molar-refractivity contribution in [2.45, 2.75) is 32.0 Å². The van der Waals surface area contributed by atoms with E-state index in [0.29, 0.717) is 28.8 Å². The molecular formula is C18H16F3N5O2S. The maximum Gasteiger partial charge on any atom is 0.416 e. The minimum atomic E-state index is -4.49. The summed E-state index contributed by atoms with van der Waals surface area (Å²) in [6, 6.07) is 5.29. The average molecular weight is 423 g/mol. The van der Waals surface area contributed by atoms with E-state index in [1.54, 1.807) is 11.8 Å². The summed E-state index contributed by atoms with van der Waals surface area (Å²) in [5.74, 6) is -0.419. The second kappa shape index (κ2) is 7.14. The van der Waals surface area contributed by atoms with E-state index in [4.69, 9.17) is 0 Å². The molecule has 1 atom stereocenters. The number of rotatable bonds is 3. The monoisotopic (exact) mass is 423 g/mol. The normalized spacial score (nSPS) is 17.1. The molecule has 1 aliphatic rings. The molecule has 3 aromatic rings. The van der Waals surface area contributed by atoms with Crippen LogP contribution < -0.4 is 15.8 Å². The molecule has 1 amide bonds. The molecule has 0 radical (unpaired) electrons. The van der Waals surface area contributed by atoms with Crippen molar-refractivity contribution in [2.75, 3.05) is 16.8 Å². The SMILES string of the molecule is Cc1cc(=O)n2nc(N3CCCC3C(=O)Nc3cccc(C(F)(F)F)c3)sc2n1. The van der Waals surface area contributed by atoms with E-state index >= 15 is 0 Å². The van der Waals surface area contributed by atoms with Crippen molar-refractivity contribution in [3.63, 3.8) is 0 Å². The molecule has 1 saturated heterocycles. The topological polar surface area (TPSA) is 79.6 Å². The Morgan fingerprint density at radius 1 is 1.31 bits per heavy atom. The van der Waals surface area contributed by atoms with Crippen LogP contribution in [0.15, 0.2) is 35.1 Å². The van der Waals surface area contributed by atoms with Gasteiger partial charge in [0.1, 0.15) is 6.04 Å². The Balaban J connectivity index is 1.58. The summed E-state index contributed by atoms with van der Waals surface area (Å²) in [5, 5.41) is 7.32. The van der Waals surface area contributed by atoms with Crippen LogP contribution in [-0.4, -0.2) is 33.1 Å². The Morgan fingerprint density at radius 2 is 2.10 bits per heavy atom. The molecule has 11 heteroatoms. The van der Waals surface area contributed by atoms with Gasteiger partial charge in [0.25, 0.3) is 5.56 Å². The number of hydrogen-bond acceptors (Lipinski definition) is 6. The molecule has 0 saturated carbocycles. The molecule has 1 N–H and O–H groups in total. The number of aryl methyl sites for hydroxylation is 1. The molecule has 2 aromatic heterocycles. The van der Waals surface area contributed by atoms with Gasteiger partial charge < -0.3 is 10.2 Å². The van der Waals surface area contributed by atoms with Crippen LogP contribution in [0.1, 0.15) is 24.1 Å². The summed E-state index contributed by atoms with van der Waals surface area (Å²) in [5.41, 5.74) is -0.482. The minimum absolute atomic E-state index is 0.0782. The number of carbonyl (C=O) groups is 1. The van der Waals surface area contributed by atoms with E-state index in [1.807, 2.05) is 0 Å². The number of nitrogens with one attached hydrogen (secondary N) is 1. The first-order chi connectivity index (χ1) is 13.7. The van der Waals surface area contributed by atoms with Gasteiger partial charge in [0.05, 0.1) is 5.56 Å². The Morgan fingerprint density at radius 3 is 2.86 bits per heavy atom. The molecule has 1 aliphatic heterocycles. The van der Waals surface area contributed by atoms with Crippen molar-refractivity contribution >= 4 is 33.0 Å². The van der Waals surface area contributed by atoms with Crippen LogP contribution in [0.5, 0.6) is 0 Å². The summed E-state index contributed by atoms with van der Waals surface area (Å²) in [6.45, 7) is 2.26. The van der Waals surface area contributed by atoms with Gasteiger partial charge in [-0.1, -0.05) is 17.4 Å². The lowest BCUT2D eigenvalue weighted by atomic mass is 10.1. The van der Waals surface area contributed by atoms with E-state index in [2.05, 4.69) is 15.4 Å². The second-order valence-corrected chi connectivity index (χ2v) is 7.67. The number of carbonyl (C=O) groups excluding carboxylic acids is 1. The first kappa shape index (κ1) is 19.4. The summed E-state index contributed by atoms with van der Waals surface area (Å²) < 4.78 is 39.9. The van der Waals surface area contributed by atoms with Crippen molar-refractivity contribution in [1.29, 1.82) is 0 Å². The van der Waals surface area contributed by atoms with Crippen LogP contribution in [0.4, 0.5) is 24.0 Å². The summed E-state index contributed by atoms with van der Waals surface area (Å²) >= 11 is 1.19. The third-order valence-electron chi connectivity index (χ3n) is 4.62. The van der Waals surface area contributed by atoms with Crippen LogP contribution in [0, 0.1) is 6.92 Å². The quantitative estimate of drug-likeness (QED) is 0.701. The zero-order valence-corrected chi connectivity index (χ0v) is 16.0. The number of alkyl halides is 3. The Hall–Kier alpha value is -2.95. The number of amides is 1.